The second-order valence-electron chi connectivity index (χ2n) is 11.3. The predicted octanol–water partition coefficient (Wildman–Crippen LogP) is 5.47. The molecule has 2 aliphatic heterocycles. The molecule has 210 valence electrons. The lowest BCUT2D eigenvalue weighted by Crippen LogP contribution is -2.45. The second-order valence-corrected chi connectivity index (χ2v) is 11.3. The van der Waals surface area contributed by atoms with Crippen LogP contribution in [0.1, 0.15) is 55.6 Å². The van der Waals surface area contributed by atoms with E-state index in [2.05, 4.69) is 28.9 Å². The number of carbonyl (C=O) groups excluding carboxylic acids is 2. The summed E-state index contributed by atoms with van der Waals surface area (Å²) in [7, 11) is 0. The number of ether oxygens (including phenoxy) is 1. The standard InChI is InChI=1S/C35H37N3O3/c1-3-37-13-15-38(16-14-37)23-31-10-8-27-20-28(9-11-32(27)36-31)34(40)21-30-18-25(5-4-24(30)2)19-33(39)29-7-6-26-12-17-41-35(26)22-29/h4-11,18,20,22H,3,12-17,19,21,23H2,1-2H3. The van der Waals surface area contributed by atoms with Gasteiger partial charge in [0.2, 0.25) is 0 Å². The van der Waals surface area contributed by atoms with E-state index >= 15 is 0 Å². The molecular formula is C35H37N3O3. The van der Waals surface area contributed by atoms with Crippen molar-refractivity contribution in [2.24, 2.45) is 0 Å². The van der Waals surface area contributed by atoms with Crippen molar-refractivity contribution in [3.05, 3.63) is 106 Å². The maximum Gasteiger partial charge on any atom is 0.167 e. The molecule has 2 aliphatic rings. The summed E-state index contributed by atoms with van der Waals surface area (Å²) in [6.07, 6.45) is 1.48. The van der Waals surface area contributed by atoms with Crippen LogP contribution in [0, 0.1) is 6.92 Å². The van der Waals surface area contributed by atoms with E-state index in [1.165, 1.54) is 0 Å². The molecule has 0 N–H and O–H groups in total. The summed E-state index contributed by atoms with van der Waals surface area (Å²) in [5, 5.41) is 0.977. The summed E-state index contributed by atoms with van der Waals surface area (Å²) < 4.78 is 5.63. The molecule has 0 aliphatic carbocycles. The van der Waals surface area contributed by atoms with Gasteiger partial charge in [-0.05, 0) is 66.1 Å². The quantitative estimate of drug-likeness (QED) is 0.259. The van der Waals surface area contributed by atoms with Crippen molar-refractivity contribution in [2.75, 3.05) is 39.3 Å². The number of hydrogen-bond donors (Lipinski definition) is 0. The van der Waals surface area contributed by atoms with Crippen molar-refractivity contribution in [1.29, 1.82) is 0 Å². The molecule has 0 atom stereocenters. The van der Waals surface area contributed by atoms with Gasteiger partial charge in [-0.2, -0.15) is 0 Å². The van der Waals surface area contributed by atoms with Crippen molar-refractivity contribution < 1.29 is 14.3 Å². The Balaban J connectivity index is 1.11. The third kappa shape index (κ3) is 6.24. The molecule has 0 radical (unpaired) electrons. The first-order valence-corrected chi connectivity index (χ1v) is 14.7. The smallest absolute Gasteiger partial charge is 0.167 e. The van der Waals surface area contributed by atoms with Gasteiger partial charge < -0.3 is 9.64 Å². The lowest BCUT2D eigenvalue weighted by Gasteiger charge is -2.33. The Hall–Kier alpha value is -3.87. The highest BCUT2D eigenvalue weighted by Crippen LogP contribution is 2.27. The lowest BCUT2D eigenvalue weighted by atomic mass is 9.94. The molecule has 6 nitrogen and oxygen atoms in total. The third-order valence-electron chi connectivity index (χ3n) is 8.51. The molecule has 4 aromatic rings. The van der Waals surface area contributed by atoms with Gasteiger partial charge in [0.05, 0.1) is 17.8 Å². The highest BCUT2D eigenvalue weighted by atomic mass is 16.5. The topological polar surface area (TPSA) is 62.7 Å². The molecule has 0 unspecified atom stereocenters. The SMILES string of the molecule is CCN1CCN(Cc2ccc3cc(C(=O)Cc4cc(CC(=O)c5ccc6c(c5)OCC6)ccc4C)ccc3n2)CC1. The van der Waals surface area contributed by atoms with Gasteiger partial charge in [0.15, 0.2) is 11.6 Å². The first-order chi connectivity index (χ1) is 19.9. The van der Waals surface area contributed by atoms with Crippen LogP contribution in [0.25, 0.3) is 10.9 Å². The van der Waals surface area contributed by atoms with Crippen LogP contribution in [0.15, 0.2) is 66.7 Å². The van der Waals surface area contributed by atoms with Crippen molar-refractivity contribution in [3.8, 4) is 5.75 Å². The zero-order chi connectivity index (χ0) is 28.3. The van der Waals surface area contributed by atoms with Crippen LogP contribution in [0.4, 0.5) is 0 Å². The monoisotopic (exact) mass is 547 g/mol. The van der Waals surface area contributed by atoms with E-state index in [-0.39, 0.29) is 11.6 Å². The van der Waals surface area contributed by atoms with E-state index in [1.54, 1.807) is 0 Å². The number of pyridine rings is 1. The summed E-state index contributed by atoms with van der Waals surface area (Å²) in [4.78, 5) is 36.2. The number of piperazine rings is 1. The Labute approximate surface area is 242 Å². The van der Waals surface area contributed by atoms with Gasteiger partial charge in [-0.3, -0.25) is 19.5 Å². The summed E-state index contributed by atoms with van der Waals surface area (Å²) >= 11 is 0. The number of Topliss-reactive ketones (excluding diaryl/α,β-unsaturated/α-hetero) is 2. The Bertz CT molecular complexity index is 1600. The van der Waals surface area contributed by atoms with Gasteiger partial charge in [0.25, 0.3) is 0 Å². The molecule has 41 heavy (non-hydrogen) atoms. The Morgan fingerprint density at radius 3 is 2.41 bits per heavy atom. The first kappa shape index (κ1) is 27.3. The zero-order valence-corrected chi connectivity index (χ0v) is 24.0. The number of carbonyl (C=O) groups is 2. The molecule has 1 fully saturated rings. The number of nitrogens with zero attached hydrogens (tertiary/aromatic N) is 3. The molecule has 0 saturated carbocycles. The average molecular weight is 548 g/mol. The molecule has 0 bridgehead atoms. The largest absolute Gasteiger partial charge is 0.493 e. The normalized spacial score (nSPS) is 15.6. The Morgan fingerprint density at radius 2 is 1.59 bits per heavy atom. The molecule has 1 saturated heterocycles. The van der Waals surface area contributed by atoms with Crippen LogP contribution in [-0.2, 0) is 25.8 Å². The van der Waals surface area contributed by atoms with Crippen molar-refractivity contribution in [2.45, 2.75) is 39.7 Å². The number of rotatable bonds is 9. The molecule has 6 heteroatoms. The van der Waals surface area contributed by atoms with Crippen molar-refractivity contribution in [3.63, 3.8) is 0 Å². The fourth-order valence-electron chi connectivity index (χ4n) is 5.85. The highest BCUT2D eigenvalue weighted by Gasteiger charge is 2.18. The molecule has 6 rings (SSSR count). The third-order valence-corrected chi connectivity index (χ3v) is 8.51. The maximum absolute atomic E-state index is 13.3. The van der Waals surface area contributed by atoms with Gasteiger partial charge in [-0.15, -0.1) is 0 Å². The minimum absolute atomic E-state index is 0.0500. The Morgan fingerprint density at radius 1 is 0.829 bits per heavy atom. The van der Waals surface area contributed by atoms with E-state index < -0.39 is 0 Å². The second kappa shape index (κ2) is 11.9. The molecule has 3 aromatic carbocycles. The van der Waals surface area contributed by atoms with E-state index in [9.17, 15) is 9.59 Å². The number of hydrogen-bond acceptors (Lipinski definition) is 6. The minimum atomic E-state index is 0.0500. The number of benzene rings is 3. The van der Waals surface area contributed by atoms with Gasteiger partial charge in [-0.25, -0.2) is 0 Å². The number of fused-ring (bicyclic) bond motifs is 2. The molecule has 0 spiro atoms. The number of likely N-dealkylation sites (N-methyl/N-ethyl adjacent to an activating group) is 1. The van der Waals surface area contributed by atoms with Crippen LogP contribution in [0.5, 0.6) is 5.75 Å². The lowest BCUT2D eigenvalue weighted by molar-refractivity contribution is 0.0986. The number of aryl methyl sites for hydroxylation is 1. The minimum Gasteiger partial charge on any atom is -0.493 e. The fourth-order valence-corrected chi connectivity index (χ4v) is 5.85. The Kier molecular flexibility index (Phi) is 7.95. The molecule has 0 amide bonds. The number of aromatic nitrogens is 1. The van der Waals surface area contributed by atoms with Crippen LogP contribution in [-0.4, -0.2) is 65.7 Å². The predicted molar refractivity (Wildman–Crippen MR) is 162 cm³/mol. The first-order valence-electron chi connectivity index (χ1n) is 14.7. The van der Waals surface area contributed by atoms with Crippen LogP contribution in [0.3, 0.4) is 0 Å². The van der Waals surface area contributed by atoms with Crippen LogP contribution < -0.4 is 4.74 Å². The molecular weight excluding hydrogens is 510 g/mol. The molecule has 1 aromatic heterocycles. The van der Waals surface area contributed by atoms with Gasteiger partial charge in [-0.1, -0.05) is 43.3 Å². The van der Waals surface area contributed by atoms with E-state index in [0.29, 0.717) is 30.6 Å². The fraction of sp³-hybridized carbons (Fsp3) is 0.343. The summed E-state index contributed by atoms with van der Waals surface area (Å²) in [5.74, 6) is 0.930. The number of ketones is 2. The van der Waals surface area contributed by atoms with Crippen molar-refractivity contribution in [1.82, 2.24) is 14.8 Å². The highest BCUT2D eigenvalue weighted by molar-refractivity contribution is 6.01. The van der Waals surface area contributed by atoms with E-state index in [0.717, 1.165) is 90.3 Å². The van der Waals surface area contributed by atoms with Crippen LogP contribution >= 0.6 is 0 Å². The summed E-state index contributed by atoms with van der Waals surface area (Å²) in [6, 6.07) is 21.7. The average Bonchev–Trinajstić information content (AvgIpc) is 3.47. The van der Waals surface area contributed by atoms with Gasteiger partial charge in [0, 0.05) is 68.5 Å². The maximum atomic E-state index is 13.3. The summed E-state index contributed by atoms with van der Waals surface area (Å²) in [5.41, 5.74) is 7.40. The van der Waals surface area contributed by atoms with E-state index in [4.69, 9.17) is 9.72 Å². The summed E-state index contributed by atoms with van der Waals surface area (Å²) in [6.45, 7) is 11.2. The van der Waals surface area contributed by atoms with Crippen molar-refractivity contribution >= 4 is 22.5 Å². The van der Waals surface area contributed by atoms with Gasteiger partial charge in [0.1, 0.15) is 5.75 Å². The van der Waals surface area contributed by atoms with Crippen LogP contribution in [0.2, 0.25) is 0 Å². The molecule has 3 heterocycles. The zero-order valence-electron chi connectivity index (χ0n) is 24.0. The van der Waals surface area contributed by atoms with E-state index in [1.807, 2.05) is 61.5 Å². The van der Waals surface area contributed by atoms with Gasteiger partial charge >= 0.3 is 0 Å².